The number of ether oxygens (including phenoxy) is 4. The minimum Gasteiger partial charge on any atom is -0.497 e. The molecule has 0 aliphatic carbocycles. The van der Waals surface area contributed by atoms with Gasteiger partial charge >= 0.3 is 5.97 Å². The zero-order chi connectivity index (χ0) is 20.6. The van der Waals surface area contributed by atoms with Crippen molar-refractivity contribution < 1.29 is 28.2 Å². The van der Waals surface area contributed by atoms with Crippen LogP contribution < -0.4 is 4.74 Å². The van der Waals surface area contributed by atoms with Gasteiger partial charge in [-0.15, -0.1) is 0 Å². The third-order valence-electron chi connectivity index (χ3n) is 6.12. The minimum atomic E-state index is -2.00. The van der Waals surface area contributed by atoms with E-state index in [4.69, 9.17) is 23.4 Å². The second-order valence-corrected chi connectivity index (χ2v) is 14.0. The van der Waals surface area contributed by atoms with E-state index in [1.54, 1.807) is 7.11 Å². The molecule has 0 N–H and O–H groups in total. The van der Waals surface area contributed by atoms with Crippen molar-refractivity contribution in [1.82, 2.24) is 0 Å². The molecule has 1 aromatic rings. The van der Waals surface area contributed by atoms with Gasteiger partial charge in [-0.3, -0.25) is 4.79 Å². The van der Waals surface area contributed by atoms with Gasteiger partial charge in [-0.2, -0.15) is 0 Å². The molecule has 0 radical (unpaired) electrons. The Labute approximate surface area is 168 Å². The molecule has 0 aromatic heterocycles. The highest BCUT2D eigenvalue weighted by Crippen LogP contribution is 2.44. The molecule has 0 bridgehead atoms. The van der Waals surface area contributed by atoms with Gasteiger partial charge < -0.3 is 23.4 Å². The molecule has 2 aliphatic rings. The van der Waals surface area contributed by atoms with Gasteiger partial charge in [0.1, 0.15) is 17.5 Å². The zero-order valence-electron chi connectivity index (χ0n) is 17.7. The van der Waals surface area contributed by atoms with Crippen molar-refractivity contribution in [3.8, 4) is 5.75 Å². The van der Waals surface area contributed by atoms with Crippen LogP contribution in [0.25, 0.3) is 0 Å². The van der Waals surface area contributed by atoms with Gasteiger partial charge in [-0.25, -0.2) is 0 Å². The van der Waals surface area contributed by atoms with Gasteiger partial charge in [-0.1, -0.05) is 32.9 Å². The molecule has 6 nitrogen and oxygen atoms in total. The molecule has 28 heavy (non-hydrogen) atoms. The van der Waals surface area contributed by atoms with Gasteiger partial charge in [0.25, 0.3) is 0 Å². The number of rotatable bonds is 7. The fraction of sp³-hybridized carbons (Fsp3) is 0.667. The van der Waals surface area contributed by atoms with Crippen LogP contribution in [0.5, 0.6) is 5.75 Å². The van der Waals surface area contributed by atoms with Crippen LogP contribution in [0.2, 0.25) is 18.1 Å². The molecule has 0 amide bonds. The lowest BCUT2D eigenvalue weighted by Crippen LogP contribution is -2.50. The Morgan fingerprint density at radius 3 is 2.50 bits per heavy atom. The SMILES string of the molecule is COc1ccc(COC[C@]23CC(=O)O[C@H]2[C@H](O[Si](C)(C)C(C)(C)C)CO3)cc1. The summed E-state index contributed by atoms with van der Waals surface area (Å²) < 4.78 is 29.3. The Bertz CT molecular complexity index is 696. The van der Waals surface area contributed by atoms with Crippen molar-refractivity contribution in [3.05, 3.63) is 29.8 Å². The van der Waals surface area contributed by atoms with E-state index in [1.807, 2.05) is 24.3 Å². The van der Waals surface area contributed by atoms with Crippen LogP contribution in [-0.4, -0.2) is 52.4 Å². The third kappa shape index (κ3) is 4.27. The molecule has 3 atom stereocenters. The lowest BCUT2D eigenvalue weighted by molar-refractivity contribution is -0.144. The third-order valence-corrected chi connectivity index (χ3v) is 10.6. The Morgan fingerprint density at radius 2 is 1.89 bits per heavy atom. The highest BCUT2D eigenvalue weighted by Gasteiger charge is 2.60. The van der Waals surface area contributed by atoms with Crippen LogP contribution in [0.15, 0.2) is 24.3 Å². The fourth-order valence-corrected chi connectivity index (χ4v) is 4.71. The van der Waals surface area contributed by atoms with E-state index in [2.05, 4.69) is 33.9 Å². The summed E-state index contributed by atoms with van der Waals surface area (Å²) in [5.74, 6) is 0.559. The second-order valence-electron chi connectivity index (χ2n) is 9.22. The van der Waals surface area contributed by atoms with E-state index in [9.17, 15) is 4.79 Å². The minimum absolute atomic E-state index is 0.0751. The van der Waals surface area contributed by atoms with Crippen LogP contribution in [0, 0.1) is 0 Å². The van der Waals surface area contributed by atoms with Crippen molar-refractivity contribution in [2.24, 2.45) is 0 Å². The summed E-state index contributed by atoms with van der Waals surface area (Å²) in [5, 5.41) is 0.0751. The summed E-state index contributed by atoms with van der Waals surface area (Å²) in [5.41, 5.74) is 0.280. The average Bonchev–Trinajstić information content (AvgIpc) is 3.09. The van der Waals surface area contributed by atoms with Crippen molar-refractivity contribution in [2.75, 3.05) is 20.3 Å². The number of carbonyl (C=O) groups is 1. The van der Waals surface area contributed by atoms with E-state index in [-0.39, 0.29) is 23.5 Å². The molecule has 156 valence electrons. The first-order valence-electron chi connectivity index (χ1n) is 9.78. The lowest BCUT2D eigenvalue weighted by Gasteiger charge is -2.39. The van der Waals surface area contributed by atoms with Crippen molar-refractivity contribution in [3.63, 3.8) is 0 Å². The number of benzene rings is 1. The zero-order valence-corrected chi connectivity index (χ0v) is 18.7. The fourth-order valence-electron chi connectivity index (χ4n) is 3.41. The van der Waals surface area contributed by atoms with Gasteiger partial charge in [0.15, 0.2) is 14.4 Å². The first kappa shape index (κ1) is 21.3. The van der Waals surface area contributed by atoms with E-state index >= 15 is 0 Å². The molecule has 2 fully saturated rings. The summed E-state index contributed by atoms with van der Waals surface area (Å²) in [4.78, 5) is 12.1. The summed E-state index contributed by atoms with van der Waals surface area (Å²) in [6.45, 7) is 12.1. The highest BCUT2D eigenvalue weighted by molar-refractivity contribution is 6.74. The van der Waals surface area contributed by atoms with Crippen molar-refractivity contribution in [2.45, 2.75) is 69.7 Å². The molecule has 3 rings (SSSR count). The Kier molecular flexibility index (Phi) is 5.92. The molecular formula is C21H32O6Si. The quantitative estimate of drug-likeness (QED) is 0.506. The smallest absolute Gasteiger partial charge is 0.309 e. The van der Waals surface area contributed by atoms with E-state index in [0.29, 0.717) is 19.8 Å². The molecule has 0 unspecified atom stereocenters. The molecular weight excluding hydrogens is 376 g/mol. The van der Waals surface area contributed by atoms with Crippen LogP contribution in [0.4, 0.5) is 0 Å². The van der Waals surface area contributed by atoms with Crippen molar-refractivity contribution >= 4 is 14.3 Å². The summed E-state index contributed by atoms with van der Waals surface area (Å²) in [6, 6.07) is 7.72. The Hall–Kier alpha value is -1.41. The topological polar surface area (TPSA) is 63.2 Å². The number of hydrogen-bond donors (Lipinski definition) is 0. The molecule has 1 aromatic carbocycles. The van der Waals surface area contributed by atoms with Crippen LogP contribution in [0.1, 0.15) is 32.8 Å². The maximum Gasteiger partial charge on any atom is 0.309 e. The first-order valence-corrected chi connectivity index (χ1v) is 12.7. The average molecular weight is 409 g/mol. The molecule has 2 saturated heterocycles. The Balaban J connectivity index is 1.63. The van der Waals surface area contributed by atoms with Gasteiger partial charge in [0.05, 0.1) is 33.4 Å². The number of esters is 1. The Morgan fingerprint density at radius 1 is 1.21 bits per heavy atom. The van der Waals surface area contributed by atoms with E-state index in [0.717, 1.165) is 11.3 Å². The molecule has 7 heteroatoms. The normalized spacial score (nSPS) is 27.6. The standard InChI is InChI=1S/C21H32O6Si/c1-20(2,3)28(5,6)27-17-13-25-21(11-18(22)26-19(17)21)14-24-12-15-7-9-16(23-4)10-8-15/h7-10,17,19H,11-14H2,1-6H3/t17-,19+,21-/m1/s1. The predicted molar refractivity (Wildman–Crippen MR) is 108 cm³/mol. The first-order chi connectivity index (χ1) is 13.1. The number of hydrogen-bond acceptors (Lipinski definition) is 6. The molecule has 2 heterocycles. The largest absolute Gasteiger partial charge is 0.497 e. The number of carbonyl (C=O) groups excluding carboxylic acids is 1. The summed E-state index contributed by atoms with van der Waals surface area (Å²) in [7, 11) is -0.361. The summed E-state index contributed by atoms with van der Waals surface area (Å²) in [6.07, 6.45) is -0.445. The van der Waals surface area contributed by atoms with Crippen LogP contribution in [-0.2, 0) is 30.0 Å². The highest BCUT2D eigenvalue weighted by atomic mass is 28.4. The van der Waals surface area contributed by atoms with Gasteiger partial charge in [0.2, 0.25) is 0 Å². The molecule has 2 aliphatic heterocycles. The maximum atomic E-state index is 12.1. The van der Waals surface area contributed by atoms with Gasteiger partial charge in [0, 0.05) is 0 Å². The monoisotopic (exact) mass is 408 g/mol. The van der Waals surface area contributed by atoms with Crippen LogP contribution in [0.3, 0.4) is 0 Å². The molecule has 0 saturated carbocycles. The molecule has 0 spiro atoms. The van der Waals surface area contributed by atoms with E-state index < -0.39 is 20.0 Å². The lowest BCUT2D eigenvalue weighted by atomic mass is 9.95. The predicted octanol–water partition coefficient (Wildman–Crippen LogP) is 3.69. The number of fused-ring (bicyclic) bond motifs is 1. The second kappa shape index (κ2) is 7.78. The van der Waals surface area contributed by atoms with E-state index in [1.165, 1.54) is 0 Å². The van der Waals surface area contributed by atoms with Gasteiger partial charge in [-0.05, 0) is 35.8 Å². The summed E-state index contributed by atoms with van der Waals surface area (Å²) >= 11 is 0. The number of methoxy groups -OCH3 is 1. The van der Waals surface area contributed by atoms with Crippen molar-refractivity contribution in [1.29, 1.82) is 0 Å². The maximum absolute atomic E-state index is 12.1. The van der Waals surface area contributed by atoms with Crippen LogP contribution >= 0.6 is 0 Å².